The summed E-state index contributed by atoms with van der Waals surface area (Å²) in [5.74, 6) is 0. The summed E-state index contributed by atoms with van der Waals surface area (Å²) in [6, 6.07) is 31.7. The molecule has 5 aromatic rings. The minimum atomic E-state index is -0.556. The number of aromatic nitrogens is 1. The number of para-hydroxylation sites is 1. The fraction of sp³-hybridized carbons (Fsp3) is 0.0833. The number of fused-ring (bicyclic) bond motifs is 2. The molecule has 0 N–H and O–H groups in total. The third-order valence-electron chi connectivity index (χ3n) is 4.84. The maximum absolute atomic E-state index is 4.89. The number of rotatable bonds is 1. The van der Waals surface area contributed by atoms with Crippen LogP contribution in [-0.4, -0.2) is 4.57 Å². The molecule has 5 rings (SSSR count). The van der Waals surface area contributed by atoms with E-state index < -0.39 is 17.0 Å². The standard InChI is InChI=1S/C19H16N.C5H5.2ClH.Ti/c1-13-14(2)20(19-10-6-5-9-18(13)19)17-11-15-7-3-4-8-16(15)12-17;1-2-4-5-3-1;;;/h3-12H,1-2H3;1-5H;2*1H;/q2*-1;;;+2/p-2. The van der Waals surface area contributed by atoms with Gasteiger partial charge in [-0.3, -0.25) is 0 Å². The number of nitrogens with zero attached hydrogens (tertiary/aromatic N) is 1. The van der Waals surface area contributed by atoms with Crippen molar-refractivity contribution in [3.8, 4) is 5.69 Å². The van der Waals surface area contributed by atoms with Crippen LogP contribution in [0.4, 0.5) is 0 Å². The fourth-order valence-electron chi connectivity index (χ4n) is 3.45. The molecule has 28 heavy (non-hydrogen) atoms. The van der Waals surface area contributed by atoms with Gasteiger partial charge >= 0.3 is 35.6 Å². The molecule has 0 saturated heterocycles. The van der Waals surface area contributed by atoms with Gasteiger partial charge in [-0.15, -0.1) is 41.1 Å². The zero-order chi connectivity index (χ0) is 19.9. The van der Waals surface area contributed by atoms with Crippen LogP contribution >= 0.6 is 18.6 Å². The second-order valence-corrected chi connectivity index (χ2v) is 9.02. The van der Waals surface area contributed by atoms with Crippen LogP contribution in [-0.2, 0) is 17.0 Å². The summed E-state index contributed by atoms with van der Waals surface area (Å²) < 4.78 is 2.37. The second kappa shape index (κ2) is 10.1. The molecule has 0 spiro atoms. The Bertz CT molecular complexity index is 1090. The van der Waals surface area contributed by atoms with E-state index in [-0.39, 0.29) is 0 Å². The Morgan fingerprint density at radius 1 is 0.857 bits per heavy atom. The Kier molecular flexibility index (Phi) is 7.59. The molecule has 0 unspecified atom stereocenters. The molecule has 142 valence electrons. The molecule has 1 nitrogen and oxygen atoms in total. The van der Waals surface area contributed by atoms with E-state index in [0.717, 1.165) is 0 Å². The largest absolute Gasteiger partial charge is 0.214 e. The van der Waals surface area contributed by atoms with Crippen LogP contribution in [0.5, 0.6) is 0 Å². The van der Waals surface area contributed by atoms with Crippen LogP contribution < -0.4 is 0 Å². The first-order valence-electron chi connectivity index (χ1n) is 9.02. The SMILES string of the molecule is Cc1c(C)n(-c2cc3ccccc3[cH-]2)c2ccccc12.[Cl][Ti][Cl].c1cc[cH-]c1. The fourth-order valence-corrected chi connectivity index (χ4v) is 3.45. The Hall–Kier alpha value is -1.77. The van der Waals surface area contributed by atoms with E-state index in [2.05, 4.69) is 79.1 Å². The van der Waals surface area contributed by atoms with Crippen molar-refractivity contribution in [3.05, 3.63) is 102 Å². The van der Waals surface area contributed by atoms with Gasteiger partial charge in [0.05, 0.1) is 5.52 Å². The average molecular weight is 442 g/mol. The molecule has 0 fully saturated rings. The van der Waals surface area contributed by atoms with Crippen molar-refractivity contribution in [1.82, 2.24) is 4.57 Å². The van der Waals surface area contributed by atoms with Gasteiger partial charge in [-0.25, -0.2) is 12.1 Å². The molecule has 1 heterocycles. The molecule has 0 saturated carbocycles. The van der Waals surface area contributed by atoms with E-state index >= 15 is 0 Å². The number of halogens is 2. The van der Waals surface area contributed by atoms with Crippen molar-refractivity contribution in [2.24, 2.45) is 0 Å². The van der Waals surface area contributed by atoms with Crippen molar-refractivity contribution in [2.45, 2.75) is 13.8 Å². The van der Waals surface area contributed by atoms with Crippen LogP contribution in [0.3, 0.4) is 0 Å². The number of aryl methyl sites for hydroxylation is 1. The molecule has 4 heteroatoms. The summed E-state index contributed by atoms with van der Waals surface area (Å²) in [6.07, 6.45) is 0. The number of hydrogen-bond acceptors (Lipinski definition) is 0. The van der Waals surface area contributed by atoms with Crippen LogP contribution in [0, 0.1) is 13.8 Å². The quantitative estimate of drug-likeness (QED) is 0.184. The Morgan fingerprint density at radius 2 is 1.50 bits per heavy atom. The predicted molar refractivity (Wildman–Crippen MR) is 120 cm³/mol. The minimum Gasteiger partial charge on any atom is -0.214 e. The van der Waals surface area contributed by atoms with Gasteiger partial charge in [-0.05, 0) is 31.2 Å². The summed E-state index contributed by atoms with van der Waals surface area (Å²) >= 11 is -0.556. The Labute approximate surface area is 182 Å². The summed E-state index contributed by atoms with van der Waals surface area (Å²) in [4.78, 5) is 0. The van der Waals surface area contributed by atoms with Crippen LogP contribution in [0.25, 0.3) is 27.4 Å². The topological polar surface area (TPSA) is 4.93 Å². The zero-order valence-electron chi connectivity index (χ0n) is 15.9. The van der Waals surface area contributed by atoms with Crippen molar-refractivity contribution in [2.75, 3.05) is 0 Å². The van der Waals surface area contributed by atoms with Crippen LogP contribution in [0.1, 0.15) is 11.3 Å². The first-order valence-corrected chi connectivity index (χ1v) is 13.3. The molecule has 4 aromatic carbocycles. The summed E-state index contributed by atoms with van der Waals surface area (Å²) in [5.41, 5.74) is 5.23. The average Bonchev–Trinajstić information content (AvgIpc) is 3.45. The summed E-state index contributed by atoms with van der Waals surface area (Å²) in [7, 11) is 9.78. The van der Waals surface area contributed by atoms with E-state index in [1.165, 1.54) is 38.6 Å². The van der Waals surface area contributed by atoms with E-state index in [9.17, 15) is 0 Å². The second-order valence-electron chi connectivity index (χ2n) is 6.44. The van der Waals surface area contributed by atoms with Crippen LogP contribution in [0.15, 0.2) is 91.0 Å². The third kappa shape index (κ3) is 4.62. The van der Waals surface area contributed by atoms with E-state index in [1.54, 1.807) is 0 Å². The Morgan fingerprint density at radius 3 is 2.14 bits per heavy atom. The molecular formula is C24H21Cl2NTi-2. The molecule has 0 radical (unpaired) electrons. The van der Waals surface area contributed by atoms with E-state index in [4.69, 9.17) is 18.6 Å². The van der Waals surface area contributed by atoms with Gasteiger partial charge in [0.15, 0.2) is 0 Å². The third-order valence-corrected chi connectivity index (χ3v) is 4.84. The van der Waals surface area contributed by atoms with Gasteiger partial charge in [0.25, 0.3) is 0 Å². The smallest absolute Gasteiger partial charge is 0.172 e. The van der Waals surface area contributed by atoms with E-state index in [1.807, 2.05) is 30.3 Å². The molecule has 0 amide bonds. The predicted octanol–water partition coefficient (Wildman–Crippen LogP) is 7.90. The summed E-state index contributed by atoms with van der Waals surface area (Å²) in [5, 5.41) is 3.95. The number of hydrogen-bond donors (Lipinski definition) is 0. The minimum absolute atomic E-state index is 0.556. The normalized spacial score (nSPS) is 10.1. The van der Waals surface area contributed by atoms with Gasteiger partial charge in [0.1, 0.15) is 0 Å². The van der Waals surface area contributed by atoms with Gasteiger partial charge in [-0.2, -0.15) is 18.2 Å². The zero-order valence-corrected chi connectivity index (χ0v) is 18.9. The molecule has 0 atom stereocenters. The van der Waals surface area contributed by atoms with Crippen molar-refractivity contribution >= 4 is 40.3 Å². The van der Waals surface area contributed by atoms with Crippen molar-refractivity contribution in [1.29, 1.82) is 0 Å². The van der Waals surface area contributed by atoms with Crippen molar-refractivity contribution < 1.29 is 17.0 Å². The van der Waals surface area contributed by atoms with Gasteiger partial charge in [0.2, 0.25) is 0 Å². The first kappa shape index (κ1) is 21.0. The van der Waals surface area contributed by atoms with Crippen LogP contribution in [0.2, 0.25) is 0 Å². The van der Waals surface area contributed by atoms with Gasteiger partial charge in [0, 0.05) is 11.1 Å². The maximum Gasteiger partial charge on any atom is -0.172 e. The summed E-state index contributed by atoms with van der Waals surface area (Å²) in [6.45, 7) is 4.41. The number of benzene rings is 2. The molecule has 0 aliphatic carbocycles. The van der Waals surface area contributed by atoms with E-state index in [0.29, 0.717) is 0 Å². The van der Waals surface area contributed by atoms with Gasteiger partial charge < -0.3 is 4.57 Å². The van der Waals surface area contributed by atoms with Crippen molar-refractivity contribution in [3.63, 3.8) is 0 Å². The first-order chi connectivity index (χ1) is 13.7. The Balaban J connectivity index is 0.000000238. The van der Waals surface area contributed by atoms with Gasteiger partial charge in [-0.1, -0.05) is 24.3 Å². The molecule has 0 aliphatic heterocycles. The monoisotopic (exact) mass is 441 g/mol. The maximum atomic E-state index is 4.89. The molecular weight excluding hydrogens is 421 g/mol. The molecule has 0 aliphatic rings. The molecule has 1 aromatic heterocycles. The molecule has 0 bridgehead atoms.